The molecule has 1 atom stereocenters. The molecule has 5 nitrogen and oxygen atoms in total. The van der Waals surface area contributed by atoms with Crippen LogP contribution in [0.1, 0.15) is 11.1 Å². The number of rotatable bonds is 8. The maximum Gasteiger partial charge on any atom is 0.293 e. The fourth-order valence-corrected chi connectivity index (χ4v) is 2.48. The Labute approximate surface area is 140 Å². The van der Waals surface area contributed by atoms with Crippen LogP contribution < -0.4 is 4.74 Å². The van der Waals surface area contributed by atoms with Crippen molar-refractivity contribution in [3.8, 4) is 11.5 Å². The van der Waals surface area contributed by atoms with Gasteiger partial charge in [0.05, 0.1) is 6.20 Å². The van der Waals surface area contributed by atoms with Gasteiger partial charge in [-0.15, -0.1) is 0 Å². The number of carbonyl (C=O) groups excluding carboxylic acids is 1. The average molecular weight is 322 g/mol. The van der Waals surface area contributed by atoms with Crippen molar-refractivity contribution in [1.29, 1.82) is 0 Å². The van der Waals surface area contributed by atoms with E-state index in [1.165, 1.54) is 0 Å². The highest BCUT2D eigenvalue weighted by Gasteiger charge is 2.12. The Kier molecular flexibility index (Phi) is 5.24. The predicted molar refractivity (Wildman–Crippen MR) is 89.9 cm³/mol. The maximum absolute atomic E-state index is 10.7. The lowest BCUT2D eigenvalue weighted by Crippen LogP contribution is -2.18. The van der Waals surface area contributed by atoms with Crippen molar-refractivity contribution in [2.24, 2.45) is 0 Å². The van der Waals surface area contributed by atoms with Gasteiger partial charge in [-0.3, -0.25) is 9.89 Å². The zero-order valence-electron chi connectivity index (χ0n) is 13.1. The van der Waals surface area contributed by atoms with Gasteiger partial charge in [-0.1, -0.05) is 30.3 Å². The van der Waals surface area contributed by atoms with Crippen molar-refractivity contribution in [2.45, 2.75) is 18.9 Å². The van der Waals surface area contributed by atoms with Gasteiger partial charge in [0.15, 0.2) is 0 Å². The number of nitrogens with one attached hydrogen (secondary N) is 1. The van der Waals surface area contributed by atoms with Crippen LogP contribution in [0.5, 0.6) is 11.5 Å². The molecule has 0 bridgehead atoms. The highest BCUT2D eigenvalue weighted by Crippen LogP contribution is 2.22. The van der Waals surface area contributed by atoms with Crippen molar-refractivity contribution < 1.29 is 14.3 Å². The smallest absolute Gasteiger partial charge is 0.293 e. The van der Waals surface area contributed by atoms with E-state index in [9.17, 15) is 4.79 Å². The second-order valence-corrected chi connectivity index (χ2v) is 5.43. The third-order valence-electron chi connectivity index (χ3n) is 3.63. The number of nitrogens with zero attached hydrogens (tertiary/aromatic N) is 1. The third-order valence-corrected chi connectivity index (χ3v) is 3.63. The predicted octanol–water partition coefficient (Wildman–Crippen LogP) is 3.53. The summed E-state index contributed by atoms with van der Waals surface area (Å²) in [4.78, 5) is 10.7. The van der Waals surface area contributed by atoms with Crippen LogP contribution >= 0.6 is 0 Å². The van der Waals surface area contributed by atoms with Crippen molar-refractivity contribution in [3.63, 3.8) is 0 Å². The van der Waals surface area contributed by atoms with Gasteiger partial charge in [0.2, 0.25) is 0 Å². The fourth-order valence-electron chi connectivity index (χ4n) is 2.48. The van der Waals surface area contributed by atoms with E-state index in [1.54, 1.807) is 12.4 Å². The first-order chi connectivity index (χ1) is 11.8. The van der Waals surface area contributed by atoms with Gasteiger partial charge in [0, 0.05) is 19.0 Å². The van der Waals surface area contributed by atoms with Crippen LogP contribution in [0.3, 0.4) is 0 Å². The summed E-state index contributed by atoms with van der Waals surface area (Å²) in [5, 5.41) is 6.67. The Morgan fingerprint density at radius 2 is 1.67 bits per heavy atom. The lowest BCUT2D eigenvalue weighted by Gasteiger charge is -2.14. The number of H-pyrrole nitrogens is 1. The minimum Gasteiger partial charge on any atom is -0.464 e. The molecule has 3 aromatic rings. The SMILES string of the molecule is O=COC(Cc1ccc(Oc2ccccc2)cc1)Cc1cn[nH]c1. The molecule has 0 aliphatic carbocycles. The van der Waals surface area contributed by atoms with E-state index in [1.807, 2.05) is 54.6 Å². The van der Waals surface area contributed by atoms with E-state index < -0.39 is 0 Å². The number of hydrogen-bond donors (Lipinski definition) is 1. The van der Waals surface area contributed by atoms with Crippen LogP contribution in [0.15, 0.2) is 67.0 Å². The number of hydrogen-bond acceptors (Lipinski definition) is 4. The van der Waals surface area contributed by atoms with Crippen molar-refractivity contribution in [1.82, 2.24) is 10.2 Å². The van der Waals surface area contributed by atoms with E-state index in [0.29, 0.717) is 19.3 Å². The first kappa shape index (κ1) is 15.8. The van der Waals surface area contributed by atoms with Gasteiger partial charge in [-0.25, -0.2) is 0 Å². The van der Waals surface area contributed by atoms with E-state index in [4.69, 9.17) is 9.47 Å². The molecule has 1 N–H and O–H groups in total. The molecule has 0 amide bonds. The molecule has 0 saturated heterocycles. The quantitative estimate of drug-likeness (QED) is 0.644. The van der Waals surface area contributed by atoms with Crippen LogP contribution in [-0.4, -0.2) is 22.8 Å². The van der Waals surface area contributed by atoms with Crippen molar-refractivity contribution >= 4 is 6.47 Å². The average Bonchev–Trinajstić information content (AvgIpc) is 3.11. The number of carbonyl (C=O) groups is 1. The summed E-state index contributed by atoms with van der Waals surface area (Å²) in [7, 11) is 0. The first-order valence-corrected chi connectivity index (χ1v) is 7.72. The molecule has 0 radical (unpaired) electrons. The molecule has 3 rings (SSSR count). The molecule has 2 aromatic carbocycles. The zero-order valence-corrected chi connectivity index (χ0v) is 13.1. The number of benzene rings is 2. The minimum atomic E-state index is -0.221. The largest absolute Gasteiger partial charge is 0.464 e. The highest BCUT2D eigenvalue weighted by atomic mass is 16.5. The van der Waals surface area contributed by atoms with Gasteiger partial charge in [0.25, 0.3) is 6.47 Å². The molecule has 0 saturated carbocycles. The van der Waals surface area contributed by atoms with E-state index in [0.717, 1.165) is 22.6 Å². The molecule has 24 heavy (non-hydrogen) atoms. The number of ether oxygens (including phenoxy) is 2. The molecule has 1 aromatic heterocycles. The van der Waals surface area contributed by atoms with Crippen molar-refractivity contribution in [3.05, 3.63) is 78.1 Å². The molecule has 0 fully saturated rings. The van der Waals surface area contributed by atoms with E-state index >= 15 is 0 Å². The van der Waals surface area contributed by atoms with Gasteiger partial charge >= 0.3 is 0 Å². The first-order valence-electron chi connectivity index (χ1n) is 7.72. The second-order valence-electron chi connectivity index (χ2n) is 5.43. The Morgan fingerprint density at radius 1 is 0.958 bits per heavy atom. The molecule has 1 heterocycles. The standard InChI is InChI=1S/C19H18N2O3/c22-14-23-19(11-16-12-20-21-13-16)10-15-6-8-18(9-7-15)24-17-4-2-1-3-5-17/h1-9,12-14,19H,10-11H2,(H,20,21). The number of aromatic amines is 1. The van der Waals surface area contributed by atoms with Crippen LogP contribution in [0.2, 0.25) is 0 Å². The summed E-state index contributed by atoms with van der Waals surface area (Å²) < 4.78 is 11.0. The molecule has 122 valence electrons. The normalized spacial score (nSPS) is 11.7. The van der Waals surface area contributed by atoms with Crippen molar-refractivity contribution in [2.75, 3.05) is 0 Å². The third kappa shape index (κ3) is 4.46. The van der Waals surface area contributed by atoms with Crippen LogP contribution in [0.25, 0.3) is 0 Å². The lowest BCUT2D eigenvalue weighted by molar-refractivity contribution is -0.133. The second kappa shape index (κ2) is 7.97. The summed E-state index contributed by atoms with van der Waals surface area (Å²) in [6.45, 7) is 0.498. The monoisotopic (exact) mass is 322 g/mol. The topological polar surface area (TPSA) is 64.2 Å². The number of para-hydroxylation sites is 1. The Balaban J connectivity index is 1.62. The van der Waals surface area contributed by atoms with Crippen LogP contribution in [-0.2, 0) is 22.4 Å². The zero-order chi connectivity index (χ0) is 16.6. The Bertz CT molecular complexity index is 740. The molecule has 1 unspecified atom stereocenters. The van der Waals surface area contributed by atoms with Crippen LogP contribution in [0, 0.1) is 0 Å². The molecule has 5 heteroatoms. The number of aromatic nitrogens is 2. The fraction of sp³-hybridized carbons (Fsp3) is 0.158. The summed E-state index contributed by atoms with van der Waals surface area (Å²) >= 11 is 0. The summed E-state index contributed by atoms with van der Waals surface area (Å²) in [6, 6.07) is 17.4. The summed E-state index contributed by atoms with van der Waals surface area (Å²) in [6.07, 6.45) is 4.57. The summed E-state index contributed by atoms with van der Waals surface area (Å²) in [5.41, 5.74) is 2.08. The van der Waals surface area contributed by atoms with Gasteiger partial charge < -0.3 is 9.47 Å². The minimum absolute atomic E-state index is 0.221. The lowest BCUT2D eigenvalue weighted by atomic mass is 10.0. The van der Waals surface area contributed by atoms with Gasteiger partial charge in [0.1, 0.15) is 17.6 Å². The van der Waals surface area contributed by atoms with Gasteiger partial charge in [-0.2, -0.15) is 5.10 Å². The Hall–Kier alpha value is -3.08. The van der Waals surface area contributed by atoms with Gasteiger partial charge in [-0.05, 0) is 35.4 Å². The maximum atomic E-state index is 10.7. The van der Waals surface area contributed by atoms with E-state index in [2.05, 4.69) is 10.2 Å². The molecule has 0 aliphatic rings. The molecule has 0 spiro atoms. The highest BCUT2D eigenvalue weighted by molar-refractivity contribution is 5.38. The Morgan fingerprint density at radius 3 is 2.33 bits per heavy atom. The van der Waals surface area contributed by atoms with E-state index in [-0.39, 0.29) is 6.10 Å². The molecular formula is C19H18N2O3. The summed E-state index contributed by atoms with van der Waals surface area (Å²) in [5.74, 6) is 1.57. The molecule has 0 aliphatic heterocycles. The van der Waals surface area contributed by atoms with Crippen LogP contribution in [0.4, 0.5) is 0 Å². The molecular weight excluding hydrogens is 304 g/mol.